The number of nitrogens with zero attached hydrogens (tertiary/aromatic N) is 3. The van der Waals surface area contributed by atoms with Crippen molar-refractivity contribution in [3.8, 4) is 0 Å². The van der Waals surface area contributed by atoms with Crippen molar-refractivity contribution in [2.45, 2.75) is 13.1 Å². The maximum atomic E-state index is 4.49. The van der Waals surface area contributed by atoms with E-state index in [0.29, 0.717) is 0 Å². The van der Waals surface area contributed by atoms with Gasteiger partial charge in [0, 0.05) is 46.4 Å². The van der Waals surface area contributed by atoms with Gasteiger partial charge in [0.2, 0.25) is 0 Å². The van der Waals surface area contributed by atoms with Gasteiger partial charge in [0.05, 0.1) is 5.52 Å². The molecule has 0 N–H and O–H groups in total. The molecule has 0 atom stereocenters. The number of halogens is 2. The van der Waals surface area contributed by atoms with E-state index in [2.05, 4.69) is 115 Å². The van der Waals surface area contributed by atoms with Crippen LogP contribution < -0.4 is 4.90 Å². The summed E-state index contributed by atoms with van der Waals surface area (Å²) in [6.07, 6.45) is 2.07. The standard InChI is InChI=1S/C22H19Br2N3/c1-26-15-18-12-21(10-11-22(18)25-26)27(13-16-2-6-19(23)7-3-16)14-17-4-8-20(24)9-5-17/h2-12,15H,13-14H2,1H3. The molecule has 0 spiro atoms. The molecule has 0 unspecified atom stereocenters. The lowest BCUT2D eigenvalue weighted by Gasteiger charge is -2.25. The molecule has 27 heavy (non-hydrogen) atoms. The molecule has 0 aliphatic heterocycles. The molecule has 1 heterocycles. The summed E-state index contributed by atoms with van der Waals surface area (Å²) in [5.74, 6) is 0. The summed E-state index contributed by atoms with van der Waals surface area (Å²) in [4.78, 5) is 2.40. The first kappa shape index (κ1) is 18.3. The van der Waals surface area contributed by atoms with Gasteiger partial charge < -0.3 is 4.90 Å². The van der Waals surface area contributed by atoms with Gasteiger partial charge in [-0.05, 0) is 53.6 Å². The molecule has 0 amide bonds. The van der Waals surface area contributed by atoms with Gasteiger partial charge in [0.25, 0.3) is 0 Å². The fraction of sp³-hybridized carbons (Fsp3) is 0.136. The van der Waals surface area contributed by atoms with E-state index >= 15 is 0 Å². The minimum atomic E-state index is 0.842. The Kier molecular flexibility index (Phi) is 5.32. The van der Waals surface area contributed by atoms with E-state index in [9.17, 15) is 0 Å². The molecule has 3 aromatic carbocycles. The molecular weight excluding hydrogens is 466 g/mol. The van der Waals surface area contributed by atoms with Crippen LogP contribution in [0.3, 0.4) is 0 Å². The van der Waals surface area contributed by atoms with Gasteiger partial charge in [0.1, 0.15) is 0 Å². The summed E-state index contributed by atoms with van der Waals surface area (Å²) >= 11 is 7.04. The normalized spacial score (nSPS) is 11.1. The van der Waals surface area contributed by atoms with Gasteiger partial charge in [0.15, 0.2) is 0 Å². The highest BCUT2D eigenvalue weighted by Gasteiger charge is 2.11. The first-order valence-electron chi connectivity index (χ1n) is 8.74. The minimum absolute atomic E-state index is 0.842. The maximum Gasteiger partial charge on any atom is 0.0924 e. The lowest BCUT2D eigenvalue weighted by molar-refractivity contribution is 0.780. The maximum absolute atomic E-state index is 4.49. The molecule has 0 radical (unpaired) electrons. The zero-order valence-electron chi connectivity index (χ0n) is 14.9. The Morgan fingerprint density at radius 1 is 0.815 bits per heavy atom. The molecule has 136 valence electrons. The summed E-state index contributed by atoms with van der Waals surface area (Å²) in [5, 5.41) is 5.65. The van der Waals surface area contributed by atoms with Gasteiger partial charge in [-0.15, -0.1) is 0 Å². The van der Waals surface area contributed by atoms with E-state index < -0.39 is 0 Å². The van der Waals surface area contributed by atoms with Crippen LogP contribution in [0.5, 0.6) is 0 Å². The van der Waals surface area contributed by atoms with Gasteiger partial charge >= 0.3 is 0 Å². The van der Waals surface area contributed by atoms with Gasteiger partial charge in [-0.2, -0.15) is 5.10 Å². The lowest BCUT2D eigenvalue weighted by Crippen LogP contribution is -2.22. The second-order valence-electron chi connectivity index (χ2n) is 6.65. The molecule has 4 aromatic rings. The predicted molar refractivity (Wildman–Crippen MR) is 119 cm³/mol. The van der Waals surface area contributed by atoms with Crippen LogP contribution in [-0.2, 0) is 20.1 Å². The topological polar surface area (TPSA) is 21.1 Å². The van der Waals surface area contributed by atoms with Crippen molar-refractivity contribution in [2.75, 3.05) is 4.90 Å². The Hall–Kier alpha value is -2.11. The first-order valence-corrected chi connectivity index (χ1v) is 10.3. The molecule has 0 bridgehead atoms. The highest BCUT2D eigenvalue weighted by Crippen LogP contribution is 2.25. The number of aryl methyl sites for hydroxylation is 1. The van der Waals surface area contributed by atoms with Crippen LogP contribution in [0.25, 0.3) is 10.9 Å². The van der Waals surface area contributed by atoms with Crippen LogP contribution in [0.1, 0.15) is 11.1 Å². The molecular formula is C22H19Br2N3. The number of aromatic nitrogens is 2. The second-order valence-corrected chi connectivity index (χ2v) is 8.49. The summed E-state index contributed by atoms with van der Waals surface area (Å²) in [6, 6.07) is 23.5. The zero-order valence-corrected chi connectivity index (χ0v) is 18.1. The fourth-order valence-electron chi connectivity index (χ4n) is 3.19. The summed E-state index contributed by atoms with van der Waals surface area (Å²) in [5.41, 5.74) is 4.78. The third kappa shape index (κ3) is 4.42. The van der Waals surface area contributed by atoms with Crippen molar-refractivity contribution in [1.29, 1.82) is 0 Å². The second kappa shape index (κ2) is 7.87. The van der Waals surface area contributed by atoms with Crippen LogP contribution in [0.4, 0.5) is 5.69 Å². The van der Waals surface area contributed by atoms with Crippen LogP contribution in [0.15, 0.2) is 81.9 Å². The first-order chi connectivity index (χ1) is 13.1. The van der Waals surface area contributed by atoms with Crippen LogP contribution in [-0.4, -0.2) is 9.78 Å². The molecule has 3 nitrogen and oxygen atoms in total. The number of anilines is 1. The molecule has 0 aliphatic rings. The smallest absolute Gasteiger partial charge is 0.0924 e. The molecule has 0 aliphatic carbocycles. The summed E-state index contributed by atoms with van der Waals surface area (Å²) in [7, 11) is 1.96. The van der Waals surface area contributed by atoms with Crippen molar-refractivity contribution in [2.24, 2.45) is 7.05 Å². The van der Waals surface area contributed by atoms with E-state index in [4.69, 9.17) is 0 Å². The van der Waals surface area contributed by atoms with E-state index in [0.717, 1.165) is 32.9 Å². The van der Waals surface area contributed by atoms with Crippen molar-refractivity contribution < 1.29 is 0 Å². The summed E-state index contributed by atoms with van der Waals surface area (Å²) < 4.78 is 4.06. The third-order valence-electron chi connectivity index (χ3n) is 4.54. The molecule has 0 saturated heterocycles. The monoisotopic (exact) mass is 483 g/mol. The Balaban J connectivity index is 1.68. The highest BCUT2D eigenvalue weighted by atomic mass is 79.9. The van der Waals surface area contributed by atoms with E-state index in [-0.39, 0.29) is 0 Å². The number of benzene rings is 3. The Bertz CT molecular complexity index is 1010. The Labute approximate surface area is 175 Å². The fourth-order valence-corrected chi connectivity index (χ4v) is 3.72. The minimum Gasteiger partial charge on any atom is -0.363 e. The van der Waals surface area contributed by atoms with Gasteiger partial charge in [-0.1, -0.05) is 56.1 Å². The molecule has 4 rings (SSSR count). The van der Waals surface area contributed by atoms with Crippen LogP contribution in [0, 0.1) is 0 Å². The van der Waals surface area contributed by atoms with Crippen molar-refractivity contribution in [1.82, 2.24) is 9.78 Å². The Morgan fingerprint density at radius 3 is 1.93 bits per heavy atom. The largest absolute Gasteiger partial charge is 0.363 e. The quantitative estimate of drug-likeness (QED) is 0.331. The third-order valence-corrected chi connectivity index (χ3v) is 5.60. The number of fused-ring (bicyclic) bond motifs is 1. The van der Waals surface area contributed by atoms with E-state index in [1.165, 1.54) is 16.8 Å². The van der Waals surface area contributed by atoms with Crippen LogP contribution in [0.2, 0.25) is 0 Å². The summed E-state index contributed by atoms with van der Waals surface area (Å²) in [6.45, 7) is 1.68. The number of rotatable bonds is 5. The molecule has 0 saturated carbocycles. The zero-order chi connectivity index (χ0) is 18.8. The van der Waals surface area contributed by atoms with Gasteiger partial charge in [-0.3, -0.25) is 4.68 Å². The van der Waals surface area contributed by atoms with Crippen molar-refractivity contribution in [3.05, 3.63) is 93.0 Å². The predicted octanol–water partition coefficient (Wildman–Crippen LogP) is 6.31. The van der Waals surface area contributed by atoms with Crippen molar-refractivity contribution in [3.63, 3.8) is 0 Å². The van der Waals surface area contributed by atoms with Crippen molar-refractivity contribution >= 4 is 48.5 Å². The average molecular weight is 485 g/mol. The molecule has 0 fully saturated rings. The molecule has 1 aromatic heterocycles. The lowest BCUT2D eigenvalue weighted by atomic mass is 10.1. The van der Waals surface area contributed by atoms with E-state index in [1.54, 1.807) is 0 Å². The van der Waals surface area contributed by atoms with Crippen LogP contribution >= 0.6 is 31.9 Å². The average Bonchev–Trinajstić information content (AvgIpc) is 3.04. The van der Waals surface area contributed by atoms with E-state index in [1.807, 2.05) is 11.7 Å². The Morgan fingerprint density at radius 2 is 1.37 bits per heavy atom. The number of hydrogen-bond donors (Lipinski definition) is 0. The molecule has 5 heteroatoms. The highest BCUT2D eigenvalue weighted by molar-refractivity contribution is 9.10. The SMILES string of the molecule is Cn1cc2cc(N(Cc3ccc(Br)cc3)Cc3ccc(Br)cc3)ccc2n1. The number of hydrogen-bond acceptors (Lipinski definition) is 2. The van der Waals surface area contributed by atoms with Gasteiger partial charge in [-0.25, -0.2) is 0 Å².